The Morgan fingerprint density at radius 2 is 1.81 bits per heavy atom. The van der Waals surface area contributed by atoms with Crippen LogP contribution in [0.4, 0.5) is 5.69 Å². The summed E-state index contributed by atoms with van der Waals surface area (Å²) in [5, 5.41) is 12.5. The largest absolute Gasteiger partial charge is 0.370 e. The van der Waals surface area contributed by atoms with Crippen molar-refractivity contribution in [2.45, 2.75) is 38.1 Å². The highest BCUT2D eigenvalue weighted by Gasteiger charge is 2.22. The van der Waals surface area contributed by atoms with Crippen LogP contribution < -0.4 is 10.2 Å². The van der Waals surface area contributed by atoms with E-state index in [-0.39, 0.29) is 17.9 Å². The Morgan fingerprint density at radius 3 is 2.50 bits per heavy atom. The highest BCUT2D eigenvalue weighted by Crippen LogP contribution is 2.24. The van der Waals surface area contributed by atoms with Crippen molar-refractivity contribution in [3.05, 3.63) is 65.7 Å². The maximum atomic E-state index is 12.4. The molecule has 26 heavy (non-hydrogen) atoms. The van der Waals surface area contributed by atoms with Crippen LogP contribution in [-0.4, -0.2) is 25.0 Å². The minimum atomic E-state index is 0.122. The van der Waals surface area contributed by atoms with Gasteiger partial charge in [-0.1, -0.05) is 49.4 Å². The molecule has 2 aromatic carbocycles. The molecule has 0 saturated carbocycles. The van der Waals surface area contributed by atoms with Gasteiger partial charge in [-0.25, -0.2) is 0 Å². The second kappa shape index (κ2) is 8.53. The number of hydrogen-bond acceptors (Lipinski definition) is 3. The fraction of sp³-hybridized carbons (Fsp3) is 0.364. The van der Waals surface area contributed by atoms with Crippen molar-refractivity contribution in [3.8, 4) is 6.07 Å². The smallest absolute Gasteiger partial charge is 0.220 e. The summed E-state index contributed by atoms with van der Waals surface area (Å²) >= 11 is 0. The predicted octanol–water partition coefficient (Wildman–Crippen LogP) is 3.84. The number of nitriles is 1. The third kappa shape index (κ3) is 4.43. The number of piperidine rings is 1. The lowest BCUT2D eigenvalue weighted by atomic mass is 9.97. The standard InChI is InChI=1S/C22H25N3O/c1-17(18-7-3-2-4-8-18)15-22(26)24-20-11-13-25(14-12-20)21-10-6-5-9-19(21)16-23/h2-10,17,20H,11-15H2,1H3,(H,24,26)/t17-/m1/s1. The summed E-state index contributed by atoms with van der Waals surface area (Å²) in [5.41, 5.74) is 2.91. The lowest BCUT2D eigenvalue weighted by molar-refractivity contribution is -0.122. The number of anilines is 1. The summed E-state index contributed by atoms with van der Waals surface area (Å²) in [4.78, 5) is 14.6. The van der Waals surface area contributed by atoms with Gasteiger partial charge < -0.3 is 10.2 Å². The van der Waals surface area contributed by atoms with Gasteiger partial charge in [0.05, 0.1) is 11.3 Å². The van der Waals surface area contributed by atoms with Gasteiger partial charge in [0, 0.05) is 25.6 Å². The molecule has 0 radical (unpaired) electrons. The van der Waals surface area contributed by atoms with Gasteiger partial charge in [-0.3, -0.25) is 4.79 Å². The molecular weight excluding hydrogens is 322 g/mol. The van der Waals surface area contributed by atoms with Crippen LogP contribution >= 0.6 is 0 Å². The van der Waals surface area contributed by atoms with E-state index in [4.69, 9.17) is 0 Å². The molecule has 1 heterocycles. The summed E-state index contributed by atoms with van der Waals surface area (Å²) in [6.45, 7) is 3.81. The van der Waals surface area contributed by atoms with Crippen LogP contribution in [0.3, 0.4) is 0 Å². The van der Waals surface area contributed by atoms with Crippen molar-refractivity contribution in [2.75, 3.05) is 18.0 Å². The Hall–Kier alpha value is -2.80. The highest BCUT2D eigenvalue weighted by atomic mass is 16.1. The van der Waals surface area contributed by atoms with Gasteiger partial charge in [-0.05, 0) is 36.5 Å². The third-order valence-corrected chi connectivity index (χ3v) is 5.09. The molecule has 2 aromatic rings. The van der Waals surface area contributed by atoms with Gasteiger partial charge >= 0.3 is 0 Å². The first kappa shape index (κ1) is 18.0. The summed E-state index contributed by atoms with van der Waals surface area (Å²) in [6, 6.07) is 20.4. The minimum absolute atomic E-state index is 0.122. The molecule has 0 spiro atoms. The summed E-state index contributed by atoms with van der Waals surface area (Å²) in [7, 11) is 0. The van der Waals surface area contributed by atoms with E-state index in [2.05, 4.69) is 35.3 Å². The molecule has 0 aromatic heterocycles. The monoisotopic (exact) mass is 347 g/mol. The van der Waals surface area contributed by atoms with Crippen molar-refractivity contribution in [1.29, 1.82) is 5.26 Å². The molecule has 4 nitrogen and oxygen atoms in total. The highest BCUT2D eigenvalue weighted by molar-refractivity contribution is 5.77. The van der Waals surface area contributed by atoms with E-state index < -0.39 is 0 Å². The Kier molecular flexibility index (Phi) is 5.91. The molecule has 1 amide bonds. The quantitative estimate of drug-likeness (QED) is 0.894. The van der Waals surface area contributed by atoms with Crippen LogP contribution in [0.5, 0.6) is 0 Å². The molecule has 134 valence electrons. The molecule has 0 bridgehead atoms. The van der Waals surface area contributed by atoms with Crippen LogP contribution in [0.1, 0.15) is 43.2 Å². The van der Waals surface area contributed by atoms with Crippen molar-refractivity contribution >= 4 is 11.6 Å². The fourth-order valence-corrected chi connectivity index (χ4v) is 3.57. The zero-order valence-electron chi connectivity index (χ0n) is 15.2. The summed E-state index contributed by atoms with van der Waals surface area (Å²) in [5.74, 6) is 0.344. The van der Waals surface area contributed by atoms with E-state index in [1.807, 2.05) is 42.5 Å². The first-order chi connectivity index (χ1) is 12.7. The SMILES string of the molecule is C[C@H](CC(=O)NC1CCN(c2ccccc2C#N)CC1)c1ccccc1. The average Bonchev–Trinajstić information content (AvgIpc) is 2.69. The van der Waals surface area contributed by atoms with E-state index in [9.17, 15) is 10.1 Å². The van der Waals surface area contributed by atoms with Crippen LogP contribution in [0.15, 0.2) is 54.6 Å². The van der Waals surface area contributed by atoms with E-state index in [0.717, 1.165) is 31.6 Å². The lowest BCUT2D eigenvalue weighted by Gasteiger charge is -2.34. The van der Waals surface area contributed by atoms with Crippen LogP contribution in [0.2, 0.25) is 0 Å². The van der Waals surface area contributed by atoms with Gasteiger partial charge in [0.2, 0.25) is 5.91 Å². The first-order valence-corrected chi connectivity index (χ1v) is 9.25. The molecule has 1 atom stereocenters. The van der Waals surface area contributed by atoms with Gasteiger partial charge in [-0.2, -0.15) is 5.26 Å². The lowest BCUT2D eigenvalue weighted by Crippen LogP contribution is -2.45. The maximum Gasteiger partial charge on any atom is 0.220 e. The zero-order valence-corrected chi connectivity index (χ0v) is 15.2. The van der Waals surface area contributed by atoms with Crippen molar-refractivity contribution in [1.82, 2.24) is 5.32 Å². The number of nitrogens with zero attached hydrogens (tertiary/aromatic N) is 2. The molecule has 4 heteroatoms. The first-order valence-electron chi connectivity index (χ1n) is 9.25. The third-order valence-electron chi connectivity index (χ3n) is 5.09. The Labute approximate surface area is 155 Å². The second-order valence-corrected chi connectivity index (χ2v) is 6.97. The molecule has 3 rings (SSSR count). The normalized spacial score (nSPS) is 15.9. The molecule has 0 aliphatic carbocycles. The maximum absolute atomic E-state index is 12.4. The Morgan fingerprint density at radius 1 is 1.15 bits per heavy atom. The number of rotatable bonds is 5. The minimum Gasteiger partial charge on any atom is -0.370 e. The van der Waals surface area contributed by atoms with Gasteiger partial charge in [0.15, 0.2) is 0 Å². The van der Waals surface area contributed by atoms with E-state index in [1.54, 1.807) is 0 Å². The van der Waals surface area contributed by atoms with Gasteiger partial charge in [0.25, 0.3) is 0 Å². The molecule has 1 aliphatic heterocycles. The number of carbonyl (C=O) groups is 1. The topological polar surface area (TPSA) is 56.1 Å². The number of para-hydroxylation sites is 1. The number of nitrogens with one attached hydrogen (secondary N) is 1. The number of benzene rings is 2. The second-order valence-electron chi connectivity index (χ2n) is 6.97. The van der Waals surface area contributed by atoms with Crippen molar-refractivity contribution < 1.29 is 4.79 Å². The van der Waals surface area contributed by atoms with E-state index in [1.165, 1.54) is 5.56 Å². The van der Waals surface area contributed by atoms with Crippen LogP contribution in [0.25, 0.3) is 0 Å². The number of amides is 1. The molecule has 1 fully saturated rings. The van der Waals surface area contributed by atoms with Crippen LogP contribution in [-0.2, 0) is 4.79 Å². The zero-order chi connectivity index (χ0) is 18.4. The van der Waals surface area contributed by atoms with Gasteiger partial charge in [0.1, 0.15) is 6.07 Å². The van der Waals surface area contributed by atoms with Crippen molar-refractivity contribution in [2.24, 2.45) is 0 Å². The number of hydrogen-bond donors (Lipinski definition) is 1. The molecule has 1 N–H and O–H groups in total. The summed E-state index contributed by atoms with van der Waals surface area (Å²) in [6.07, 6.45) is 2.33. The van der Waals surface area contributed by atoms with E-state index >= 15 is 0 Å². The Balaban J connectivity index is 1.49. The fourth-order valence-electron chi connectivity index (χ4n) is 3.57. The van der Waals surface area contributed by atoms with E-state index in [0.29, 0.717) is 12.0 Å². The predicted molar refractivity (Wildman–Crippen MR) is 104 cm³/mol. The van der Waals surface area contributed by atoms with Crippen LogP contribution in [0, 0.1) is 11.3 Å². The Bertz CT molecular complexity index is 773. The molecular formula is C22H25N3O. The number of carbonyl (C=O) groups excluding carboxylic acids is 1. The molecule has 1 aliphatic rings. The molecule has 0 unspecified atom stereocenters. The summed E-state index contributed by atoms with van der Waals surface area (Å²) < 4.78 is 0. The molecule has 1 saturated heterocycles. The van der Waals surface area contributed by atoms with Crippen molar-refractivity contribution in [3.63, 3.8) is 0 Å². The van der Waals surface area contributed by atoms with Gasteiger partial charge in [-0.15, -0.1) is 0 Å². The average molecular weight is 347 g/mol.